The summed E-state index contributed by atoms with van der Waals surface area (Å²) in [6.07, 6.45) is 5.27. The highest BCUT2D eigenvalue weighted by atomic mass is 16.5. The van der Waals surface area contributed by atoms with E-state index in [1.165, 1.54) is 13.5 Å². The third-order valence-corrected chi connectivity index (χ3v) is 7.36. The van der Waals surface area contributed by atoms with Crippen LogP contribution in [0.4, 0.5) is 0 Å². The molecule has 2 aromatic carbocycles. The predicted molar refractivity (Wildman–Crippen MR) is 119 cm³/mol. The smallest absolute Gasteiger partial charge is 0.323 e. The number of hydrogen-bond donors (Lipinski definition) is 1. The highest BCUT2D eigenvalue weighted by Crippen LogP contribution is 2.50. The molecule has 2 saturated heterocycles. The first-order valence-corrected chi connectivity index (χ1v) is 11.5. The Morgan fingerprint density at radius 1 is 0.875 bits per heavy atom. The number of likely N-dealkylation sites (tertiary alicyclic amines) is 1. The Hall–Kier alpha value is -2.99. The number of hydrogen-bond acceptors (Lipinski definition) is 5. The van der Waals surface area contributed by atoms with E-state index in [0.717, 1.165) is 42.4 Å². The van der Waals surface area contributed by atoms with Crippen LogP contribution < -0.4 is 5.32 Å². The van der Waals surface area contributed by atoms with Gasteiger partial charge in [0.2, 0.25) is 11.8 Å². The second-order valence-corrected chi connectivity index (χ2v) is 9.04. The summed E-state index contributed by atoms with van der Waals surface area (Å²) in [7, 11) is 1.35. The van der Waals surface area contributed by atoms with E-state index in [1.54, 1.807) is 0 Å². The van der Waals surface area contributed by atoms with Crippen LogP contribution in [0.5, 0.6) is 0 Å². The van der Waals surface area contributed by atoms with Crippen molar-refractivity contribution in [1.82, 2.24) is 10.2 Å². The van der Waals surface area contributed by atoms with E-state index in [2.05, 4.69) is 34.5 Å². The predicted octanol–water partition coefficient (Wildman–Crippen LogP) is 3.47. The topological polar surface area (TPSA) is 75.7 Å². The van der Waals surface area contributed by atoms with Gasteiger partial charge in [0.1, 0.15) is 6.04 Å². The lowest BCUT2D eigenvalue weighted by molar-refractivity contribution is -0.151. The van der Waals surface area contributed by atoms with Crippen LogP contribution in [0.25, 0.3) is 11.1 Å². The lowest BCUT2D eigenvalue weighted by Crippen LogP contribution is -2.50. The first-order valence-electron chi connectivity index (χ1n) is 11.5. The number of ether oxygens (including phenoxy) is 1. The van der Waals surface area contributed by atoms with Gasteiger partial charge in [-0.1, -0.05) is 73.9 Å². The van der Waals surface area contributed by atoms with Gasteiger partial charge in [0.15, 0.2) is 0 Å². The van der Waals surface area contributed by atoms with Gasteiger partial charge in [-0.2, -0.15) is 0 Å². The average Bonchev–Trinajstić information content (AvgIpc) is 3.35. The minimum atomic E-state index is -0.738. The third kappa shape index (κ3) is 3.43. The summed E-state index contributed by atoms with van der Waals surface area (Å²) in [5.41, 5.74) is 3.17. The highest BCUT2D eigenvalue weighted by Gasteiger charge is 2.63. The van der Waals surface area contributed by atoms with Crippen molar-refractivity contribution in [1.29, 1.82) is 0 Å². The standard InChI is InChI=1S/C26H28N2O4/c1-32-26(31)23-21-20(24(29)27-25(21)30)22(28(23)19-10-6-3-7-11-19)18-14-12-17(13-15-18)16-8-4-2-5-9-16/h2,4-5,8-9,12-15,19-23H,3,6-7,10-11H2,1H3,(H,27,29,30). The normalized spacial score (nSPS) is 28.4. The lowest BCUT2D eigenvalue weighted by atomic mass is 9.86. The molecule has 166 valence electrons. The minimum absolute atomic E-state index is 0.151. The van der Waals surface area contributed by atoms with Crippen LogP contribution in [-0.4, -0.2) is 41.9 Å². The molecule has 32 heavy (non-hydrogen) atoms. The van der Waals surface area contributed by atoms with Crippen LogP contribution in [0, 0.1) is 11.8 Å². The van der Waals surface area contributed by atoms with Crippen molar-refractivity contribution in [3.8, 4) is 11.1 Å². The highest BCUT2D eigenvalue weighted by molar-refractivity contribution is 6.08. The number of amides is 2. The summed E-state index contributed by atoms with van der Waals surface area (Å²) in [6, 6.07) is 17.4. The second-order valence-electron chi connectivity index (χ2n) is 9.04. The molecule has 2 heterocycles. The summed E-state index contributed by atoms with van der Waals surface area (Å²) in [6.45, 7) is 0. The quantitative estimate of drug-likeness (QED) is 0.591. The van der Waals surface area contributed by atoms with Crippen LogP contribution >= 0.6 is 0 Å². The fraction of sp³-hybridized carbons (Fsp3) is 0.423. The zero-order valence-electron chi connectivity index (χ0n) is 18.2. The first kappa shape index (κ1) is 20.9. The monoisotopic (exact) mass is 432 g/mol. The van der Waals surface area contributed by atoms with Gasteiger partial charge in [0.05, 0.1) is 18.9 Å². The molecule has 0 aromatic heterocycles. The molecule has 1 N–H and O–H groups in total. The molecule has 3 fully saturated rings. The maximum Gasteiger partial charge on any atom is 0.323 e. The number of rotatable bonds is 4. The van der Waals surface area contributed by atoms with Crippen LogP contribution in [-0.2, 0) is 19.1 Å². The van der Waals surface area contributed by atoms with Crippen molar-refractivity contribution in [3.05, 3.63) is 60.2 Å². The summed E-state index contributed by atoms with van der Waals surface area (Å²) in [5, 5.41) is 2.48. The van der Waals surface area contributed by atoms with E-state index in [1.807, 2.05) is 30.3 Å². The molecular formula is C26H28N2O4. The van der Waals surface area contributed by atoms with E-state index < -0.39 is 23.8 Å². The van der Waals surface area contributed by atoms with Crippen molar-refractivity contribution < 1.29 is 19.1 Å². The van der Waals surface area contributed by atoms with Crippen LogP contribution in [0.1, 0.15) is 43.7 Å². The Morgan fingerprint density at radius 3 is 2.16 bits per heavy atom. The maximum atomic E-state index is 12.9. The van der Waals surface area contributed by atoms with Crippen LogP contribution in [0.2, 0.25) is 0 Å². The number of imide groups is 1. The van der Waals surface area contributed by atoms with Gasteiger partial charge in [-0.25, -0.2) is 0 Å². The number of nitrogens with zero attached hydrogens (tertiary/aromatic N) is 1. The third-order valence-electron chi connectivity index (χ3n) is 7.36. The molecule has 6 heteroatoms. The molecule has 0 spiro atoms. The summed E-state index contributed by atoms with van der Waals surface area (Å²) >= 11 is 0. The number of carbonyl (C=O) groups is 3. The molecule has 6 nitrogen and oxygen atoms in total. The SMILES string of the molecule is COC(=O)C1C2C(=O)NC(=O)C2C(c2ccc(-c3ccccc3)cc2)N1C1CCCCC1. The van der Waals surface area contributed by atoms with E-state index in [0.29, 0.717) is 0 Å². The van der Waals surface area contributed by atoms with Crippen LogP contribution in [0.15, 0.2) is 54.6 Å². The van der Waals surface area contributed by atoms with Crippen molar-refractivity contribution in [3.63, 3.8) is 0 Å². The lowest BCUT2D eigenvalue weighted by Gasteiger charge is -2.39. The van der Waals surface area contributed by atoms with Crippen molar-refractivity contribution in [2.45, 2.75) is 50.2 Å². The minimum Gasteiger partial charge on any atom is -0.468 e. The average molecular weight is 433 g/mol. The largest absolute Gasteiger partial charge is 0.468 e. The molecule has 1 aliphatic carbocycles. The molecule has 1 saturated carbocycles. The molecule has 4 unspecified atom stereocenters. The molecule has 2 aromatic rings. The van der Waals surface area contributed by atoms with Gasteiger partial charge >= 0.3 is 5.97 Å². The molecule has 2 aliphatic heterocycles. The first-order chi connectivity index (χ1) is 15.6. The van der Waals surface area contributed by atoms with Gasteiger partial charge < -0.3 is 4.74 Å². The molecule has 2 amide bonds. The fourth-order valence-electron chi connectivity index (χ4n) is 5.94. The Balaban J connectivity index is 1.58. The fourth-order valence-corrected chi connectivity index (χ4v) is 5.94. The summed E-state index contributed by atoms with van der Waals surface area (Å²) in [4.78, 5) is 40.8. The summed E-state index contributed by atoms with van der Waals surface area (Å²) in [5.74, 6) is -2.38. The Morgan fingerprint density at radius 2 is 1.50 bits per heavy atom. The van der Waals surface area contributed by atoms with Gasteiger partial charge in [-0.3, -0.25) is 24.6 Å². The Kier molecular flexibility index (Phi) is 5.55. The number of carbonyl (C=O) groups excluding carboxylic acids is 3. The van der Waals surface area contributed by atoms with E-state index in [4.69, 9.17) is 4.74 Å². The van der Waals surface area contributed by atoms with E-state index >= 15 is 0 Å². The number of benzene rings is 2. The van der Waals surface area contributed by atoms with Gasteiger partial charge in [0.25, 0.3) is 0 Å². The number of nitrogens with one attached hydrogen (secondary N) is 1. The molecule has 5 rings (SSSR count). The van der Waals surface area contributed by atoms with E-state index in [9.17, 15) is 14.4 Å². The van der Waals surface area contributed by atoms with Crippen LogP contribution in [0.3, 0.4) is 0 Å². The van der Waals surface area contributed by atoms with Crippen molar-refractivity contribution in [2.24, 2.45) is 11.8 Å². The number of esters is 1. The molecule has 0 bridgehead atoms. The van der Waals surface area contributed by atoms with Gasteiger partial charge in [-0.05, 0) is 29.5 Å². The Labute approximate surface area is 187 Å². The van der Waals surface area contributed by atoms with E-state index in [-0.39, 0.29) is 23.9 Å². The maximum absolute atomic E-state index is 12.9. The molecule has 4 atom stereocenters. The second kappa shape index (κ2) is 8.51. The van der Waals surface area contributed by atoms with Crippen molar-refractivity contribution in [2.75, 3.05) is 7.11 Å². The molecule has 3 aliphatic rings. The number of fused-ring (bicyclic) bond motifs is 1. The zero-order chi connectivity index (χ0) is 22.2. The van der Waals surface area contributed by atoms with Gasteiger partial charge in [-0.15, -0.1) is 0 Å². The van der Waals surface area contributed by atoms with Crippen molar-refractivity contribution >= 4 is 17.8 Å². The molecular weight excluding hydrogens is 404 g/mol. The molecule has 0 radical (unpaired) electrons. The number of methoxy groups -OCH3 is 1. The summed E-state index contributed by atoms with van der Waals surface area (Å²) < 4.78 is 5.14. The Bertz CT molecular complexity index is 1010. The zero-order valence-corrected chi connectivity index (χ0v) is 18.2. The van der Waals surface area contributed by atoms with Gasteiger partial charge in [0, 0.05) is 12.1 Å².